The van der Waals surface area contributed by atoms with Crippen LogP contribution in [0.3, 0.4) is 0 Å². The summed E-state index contributed by atoms with van der Waals surface area (Å²) in [7, 11) is 0. The molecule has 0 aromatic heterocycles. The number of carbonyl (C=O) groups excluding carboxylic acids is 1. The minimum atomic E-state index is -0.451. The van der Waals surface area contributed by atoms with E-state index in [2.05, 4.69) is 10.6 Å². The summed E-state index contributed by atoms with van der Waals surface area (Å²) in [5.41, 5.74) is 1.63. The number of nitrogens with zero attached hydrogens (tertiary/aromatic N) is 1. The Morgan fingerprint density at radius 3 is 2.71 bits per heavy atom. The molecule has 0 spiro atoms. The van der Waals surface area contributed by atoms with E-state index in [1.165, 1.54) is 6.07 Å². The number of aliphatic hydroxyl groups is 1. The molecular weight excluding hydrogens is 274 g/mol. The minimum Gasteiger partial charge on any atom is -0.394 e. The van der Waals surface area contributed by atoms with E-state index in [0.29, 0.717) is 24.2 Å². The highest BCUT2D eigenvalue weighted by Gasteiger charge is 2.24. The summed E-state index contributed by atoms with van der Waals surface area (Å²) in [5, 5.41) is 26.3. The molecule has 0 radical (unpaired) electrons. The van der Waals surface area contributed by atoms with E-state index >= 15 is 0 Å². The summed E-state index contributed by atoms with van der Waals surface area (Å²) < 4.78 is 0. The van der Waals surface area contributed by atoms with Crippen molar-refractivity contribution in [2.24, 2.45) is 5.92 Å². The number of nitro groups is 1. The lowest BCUT2D eigenvalue weighted by molar-refractivity contribution is -0.384. The zero-order valence-electron chi connectivity index (χ0n) is 12.0. The van der Waals surface area contributed by atoms with Crippen molar-refractivity contribution < 1.29 is 14.8 Å². The smallest absolute Gasteiger partial charge is 0.292 e. The predicted octanol–water partition coefficient (Wildman–Crippen LogP) is 1.91. The van der Waals surface area contributed by atoms with Crippen molar-refractivity contribution in [2.45, 2.75) is 32.7 Å². The van der Waals surface area contributed by atoms with Crippen LogP contribution in [0.25, 0.3) is 0 Å². The molecule has 0 fully saturated rings. The number of benzene rings is 1. The van der Waals surface area contributed by atoms with Gasteiger partial charge in [-0.05, 0) is 24.0 Å². The average Bonchev–Trinajstić information content (AvgIpc) is 2.43. The van der Waals surface area contributed by atoms with Gasteiger partial charge in [0.25, 0.3) is 5.69 Å². The monoisotopic (exact) mass is 293 g/mol. The number of nitrogens with one attached hydrogen (secondary N) is 2. The number of hydrogen-bond acceptors (Lipinski definition) is 5. The van der Waals surface area contributed by atoms with Crippen LogP contribution in [0.4, 0.5) is 17.1 Å². The summed E-state index contributed by atoms with van der Waals surface area (Å²) in [4.78, 5) is 22.2. The molecule has 1 aromatic rings. The summed E-state index contributed by atoms with van der Waals surface area (Å²) >= 11 is 0. The highest BCUT2D eigenvalue weighted by Crippen LogP contribution is 2.34. The zero-order chi connectivity index (χ0) is 15.6. The van der Waals surface area contributed by atoms with E-state index in [4.69, 9.17) is 0 Å². The topological polar surface area (TPSA) is 104 Å². The van der Waals surface area contributed by atoms with Crippen LogP contribution in [0.1, 0.15) is 25.8 Å². The Kier molecular flexibility index (Phi) is 4.42. The Balaban J connectivity index is 2.40. The standard InChI is InChI=1S/C14H19N3O4/c1-8(2)12(7-18)15-11-6-10-9(3-4-14(19)16-10)5-13(11)17(20)21/h5-6,8,12,15,18H,3-4,7H2,1-2H3,(H,16,19). The van der Waals surface area contributed by atoms with E-state index in [0.717, 1.165) is 5.56 Å². The van der Waals surface area contributed by atoms with E-state index in [1.807, 2.05) is 13.8 Å². The molecular formula is C14H19N3O4. The molecule has 1 heterocycles. The highest BCUT2D eigenvalue weighted by atomic mass is 16.6. The van der Waals surface area contributed by atoms with Gasteiger partial charge in [0.15, 0.2) is 0 Å². The number of amides is 1. The Morgan fingerprint density at radius 2 is 2.14 bits per heavy atom. The summed E-state index contributed by atoms with van der Waals surface area (Å²) in [6.07, 6.45) is 0.831. The van der Waals surface area contributed by atoms with Crippen molar-refractivity contribution in [3.05, 3.63) is 27.8 Å². The molecule has 2 rings (SSSR count). The van der Waals surface area contributed by atoms with Gasteiger partial charge in [0.1, 0.15) is 5.69 Å². The van der Waals surface area contributed by atoms with Gasteiger partial charge in [0, 0.05) is 18.2 Å². The number of aliphatic hydroxyl groups excluding tert-OH is 1. The Bertz CT molecular complexity index is 572. The van der Waals surface area contributed by atoms with Gasteiger partial charge in [0.2, 0.25) is 5.91 Å². The van der Waals surface area contributed by atoms with Gasteiger partial charge in [-0.15, -0.1) is 0 Å². The number of rotatable bonds is 5. The van der Waals surface area contributed by atoms with Crippen LogP contribution in [-0.2, 0) is 11.2 Å². The molecule has 1 amide bonds. The van der Waals surface area contributed by atoms with Crippen LogP contribution < -0.4 is 10.6 Å². The maximum absolute atomic E-state index is 11.4. The lowest BCUT2D eigenvalue weighted by Crippen LogP contribution is -2.30. The predicted molar refractivity (Wildman–Crippen MR) is 79.4 cm³/mol. The Morgan fingerprint density at radius 1 is 1.43 bits per heavy atom. The van der Waals surface area contributed by atoms with Gasteiger partial charge in [-0.2, -0.15) is 0 Å². The lowest BCUT2D eigenvalue weighted by atomic mass is 10.00. The van der Waals surface area contributed by atoms with Gasteiger partial charge < -0.3 is 15.7 Å². The molecule has 0 saturated heterocycles. The van der Waals surface area contributed by atoms with Crippen molar-refractivity contribution in [1.82, 2.24) is 0 Å². The molecule has 0 saturated carbocycles. The molecule has 7 nitrogen and oxygen atoms in total. The van der Waals surface area contributed by atoms with Crippen LogP contribution in [0.5, 0.6) is 0 Å². The first-order valence-corrected chi connectivity index (χ1v) is 6.91. The maximum Gasteiger partial charge on any atom is 0.292 e. The third-order valence-electron chi connectivity index (χ3n) is 3.66. The van der Waals surface area contributed by atoms with Gasteiger partial charge in [-0.1, -0.05) is 13.8 Å². The van der Waals surface area contributed by atoms with Gasteiger partial charge in [-0.25, -0.2) is 0 Å². The van der Waals surface area contributed by atoms with Crippen molar-refractivity contribution in [3.63, 3.8) is 0 Å². The number of nitro benzene ring substituents is 1. The fourth-order valence-corrected chi connectivity index (χ4v) is 2.31. The fourth-order valence-electron chi connectivity index (χ4n) is 2.31. The van der Waals surface area contributed by atoms with E-state index in [-0.39, 0.29) is 30.2 Å². The van der Waals surface area contributed by atoms with Crippen LogP contribution in [0.15, 0.2) is 12.1 Å². The summed E-state index contributed by atoms with van der Waals surface area (Å²) in [6, 6.07) is 2.78. The van der Waals surface area contributed by atoms with Crippen LogP contribution in [0.2, 0.25) is 0 Å². The summed E-state index contributed by atoms with van der Waals surface area (Å²) in [5.74, 6) is 0.0186. The highest BCUT2D eigenvalue weighted by molar-refractivity contribution is 5.95. The molecule has 1 aromatic carbocycles. The van der Waals surface area contributed by atoms with Crippen molar-refractivity contribution in [1.29, 1.82) is 0 Å². The summed E-state index contributed by atoms with van der Waals surface area (Å²) in [6.45, 7) is 3.71. The zero-order valence-corrected chi connectivity index (χ0v) is 12.0. The fraction of sp³-hybridized carbons (Fsp3) is 0.500. The first kappa shape index (κ1) is 15.2. The Hall–Kier alpha value is -2.15. The second-order valence-electron chi connectivity index (χ2n) is 5.51. The SMILES string of the molecule is CC(C)C(CO)Nc1cc2c(cc1[N+](=O)[O-])CCC(=O)N2. The van der Waals surface area contributed by atoms with Gasteiger partial charge in [-0.3, -0.25) is 14.9 Å². The van der Waals surface area contributed by atoms with Crippen LogP contribution in [-0.4, -0.2) is 28.6 Å². The van der Waals surface area contributed by atoms with Crippen LogP contribution >= 0.6 is 0 Å². The normalized spacial score (nSPS) is 15.3. The van der Waals surface area contributed by atoms with E-state index in [1.54, 1.807) is 6.07 Å². The van der Waals surface area contributed by atoms with E-state index < -0.39 is 4.92 Å². The average molecular weight is 293 g/mol. The number of carbonyl (C=O) groups is 1. The quantitative estimate of drug-likeness (QED) is 0.568. The minimum absolute atomic E-state index is 0.0380. The van der Waals surface area contributed by atoms with Crippen molar-refractivity contribution in [2.75, 3.05) is 17.2 Å². The largest absolute Gasteiger partial charge is 0.394 e. The third kappa shape index (κ3) is 3.30. The molecule has 3 N–H and O–H groups in total. The third-order valence-corrected chi connectivity index (χ3v) is 3.66. The van der Waals surface area contributed by atoms with Crippen molar-refractivity contribution >= 4 is 23.0 Å². The molecule has 1 aliphatic rings. The molecule has 0 aliphatic carbocycles. The molecule has 7 heteroatoms. The molecule has 1 atom stereocenters. The number of fused-ring (bicyclic) bond motifs is 1. The van der Waals surface area contributed by atoms with E-state index in [9.17, 15) is 20.0 Å². The second kappa shape index (κ2) is 6.09. The first-order valence-electron chi connectivity index (χ1n) is 6.91. The lowest BCUT2D eigenvalue weighted by Gasteiger charge is -2.23. The first-order chi connectivity index (χ1) is 9.92. The molecule has 114 valence electrons. The molecule has 0 bridgehead atoms. The molecule has 21 heavy (non-hydrogen) atoms. The van der Waals surface area contributed by atoms with Crippen LogP contribution in [0, 0.1) is 16.0 Å². The maximum atomic E-state index is 11.4. The second-order valence-corrected chi connectivity index (χ2v) is 5.51. The number of anilines is 2. The number of hydrogen-bond donors (Lipinski definition) is 3. The molecule has 1 aliphatic heterocycles. The Labute approximate surface area is 122 Å². The molecule has 1 unspecified atom stereocenters. The van der Waals surface area contributed by atoms with Crippen molar-refractivity contribution in [3.8, 4) is 0 Å². The van der Waals surface area contributed by atoms with Gasteiger partial charge >= 0.3 is 0 Å². The number of aryl methyl sites for hydroxylation is 1. The van der Waals surface area contributed by atoms with Gasteiger partial charge in [0.05, 0.1) is 17.6 Å².